The number of nitrogens with one attached hydrogen (secondary N) is 2. The Morgan fingerprint density at radius 2 is 1.94 bits per heavy atom. The molecule has 4 rings (SSSR count). The first-order chi connectivity index (χ1) is 15.7. The van der Waals surface area contributed by atoms with Gasteiger partial charge >= 0.3 is 0 Å². The maximum Gasteiger partial charge on any atom is 0.191 e. The third-order valence-electron chi connectivity index (χ3n) is 6.32. The van der Waals surface area contributed by atoms with Gasteiger partial charge in [0.05, 0.1) is 18.8 Å². The second-order valence-electron chi connectivity index (χ2n) is 8.66. The van der Waals surface area contributed by atoms with E-state index in [-0.39, 0.29) is 6.04 Å². The summed E-state index contributed by atoms with van der Waals surface area (Å²) in [6, 6.07) is 8.50. The molecule has 0 bridgehead atoms. The molecule has 0 spiro atoms. The van der Waals surface area contributed by atoms with Crippen LogP contribution < -0.4 is 15.5 Å². The molecule has 2 aliphatic heterocycles. The van der Waals surface area contributed by atoms with Crippen molar-refractivity contribution in [3.8, 4) is 0 Å². The van der Waals surface area contributed by atoms with Crippen LogP contribution in [0.25, 0.3) is 0 Å². The number of nitrogens with zero attached hydrogens (tertiary/aromatic N) is 5. The van der Waals surface area contributed by atoms with Crippen molar-refractivity contribution in [3.63, 3.8) is 0 Å². The minimum atomic E-state index is 0.223. The lowest BCUT2D eigenvalue weighted by Gasteiger charge is -2.33. The molecule has 174 valence electrons. The van der Waals surface area contributed by atoms with E-state index in [2.05, 4.69) is 62.5 Å². The van der Waals surface area contributed by atoms with Gasteiger partial charge in [0.1, 0.15) is 11.6 Å². The van der Waals surface area contributed by atoms with Gasteiger partial charge in [-0.25, -0.2) is 9.98 Å². The summed E-state index contributed by atoms with van der Waals surface area (Å²) in [7, 11) is 2.17. The van der Waals surface area contributed by atoms with Crippen molar-refractivity contribution in [2.45, 2.75) is 32.4 Å². The van der Waals surface area contributed by atoms with Gasteiger partial charge in [0.15, 0.2) is 5.96 Å². The minimum absolute atomic E-state index is 0.223. The number of hydrogen-bond acceptors (Lipinski definition) is 6. The quantitative estimate of drug-likeness (QED) is 0.483. The zero-order valence-corrected chi connectivity index (χ0v) is 19.5. The molecule has 8 heteroatoms. The Kier molecular flexibility index (Phi) is 8.01. The molecule has 2 aromatic heterocycles. The highest BCUT2D eigenvalue weighted by atomic mass is 16.3. The number of aromatic nitrogens is 1. The molecule has 2 aliphatic rings. The van der Waals surface area contributed by atoms with Gasteiger partial charge in [-0.3, -0.25) is 4.90 Å². The van der Waals surface area contributed by atoms with Gasteiger partial charge in [-0.15, -0.1) is 0 Å². The lowest BCUT2D eigenvalue weighted by Crippen LogP contribution is -2.44. The molecule has 1 atom stereocenters. The van der Waals surface area contributed by atoms with E-state index in [0.29, 0.717) is 6.54 Å². The monoisotopic (exact) mass is 439 g/mol. The van der Waals surface area contributed by atoms with E-state index in [1.54, 1.807) is 6.26 Å². The van der Waals surface area contributed by atoms with Crippen LogP contribution in [0.2, 0.25) is 0 Å². The van der Waals surface area contributed by atoms with E-state index in [0.717, 1.165) is 69.9 Å². The number of guanidine groups is 1. The third kappa shape index (κ3) is 6.01. The summed E-state index contributed by atoms with van der Waals surface area (Å²) in [6.45, 7) is 10.7. The van der Waals surface area contributed by atoms with Crippen LogP contribution in [-0.4, -0.2) is 80.1 Å². The van der Waals surface area contributed by atoms with Crippen molar-refractivity contribution < 1.29 is 4.42 Å². The molecule has 1 unspecified atom stereocenters. The Hall–Kier alpha value is -2.58. The number of hydrogen-bond donors (Lipinski definition) is 2. The highest BCUT2D eigenvalue weighted by Crippen LogP contribution is 2.24. The summed E-state index contributed by atoms with van der Waals surface area (Å²) in [5.74, 6) is 2.90. The fourth-order valence-electron chi connectivity index (χ4n) is 4.42. The third-order valence-corrected chi connectivity index (χ3v) is 6.32. The Morgan fingerprint density at radius 3 is 2.66 bits per heavy atom. The van der Waals surface area contributed by atoms with Crippen molar-refractivity contribution >= 4 is 11.8 Å². The van der Waals surface area contributed by atoms with Crippen LogP contribution >= 0.6 is 0 Å². The number of pyridine rings is 1. The highest BCUT2D eigenvalue weighted by molar-refractivity contribution is 5.79. The van der Waals surface area contributed by atoms with Gasteiger partial charge in [0.25, 0.3) is 0 Å². The fraction of sp³-hybridized carbons (Fsp3) is 0.583. The molecule has 0 amide bonds. The predicted octanol–water partition coefficient (Wildman–Crippen LogP) is 2.32. The van der Waals surface area contributed by atoms with Crippen LogP contribution in [0.3, 0.4) is 0 Å². The molecular formula is C24H37N7O. The standard InChI is InChI=1S/C24H37N7O/c1-3-25-24(28-19-21(22-7-6-16-32-22)30-10-4-5-11-30)27-18-20-8-9-26-23(17-20)31-14-12-29(2)13-15-31/h6-9,16-17,21H,3-5,10-15,18-19H2,1-2H3,(H2,25,27,28). The molecule has 4 heterocycles. The Balaban J connectivity index is 1.39. The Bertz CT molecular complexity index is 840. The maximum atomic E-state index is 5.75. The number of likely N-dealkylation sites (tertiary alicyclic amines) is 1. The zero-order chi connectivity index (χ0) is 22.2. The molecular weight excluding hydrogens is 402 g/mol. The van der Waals surface area contributed by atoms with E-state index in [4.69, 9.17) is 9.41 Å². The molecule has 0 saturated carbocycles. The summed E-state index contributed by atoms with van der Waals surface area (Å²) >= 11 is 0. The van der Waals surface area contributed by atoms with Crippen LogP contribution in [-0.2, 0) is 6.54 Å². The highest BCUT2D eigenvalue weighted by Gasteiger charge is 2.25. The molecule has 2 N–H and O–H groups in total. The first-order valence-electron chi connectivity index (χ1n) is 11.9. The summed E-state index contributed by atoms with van der Waals surface area (Å²) in [5.41, 5.74) is 1.17. The number of piperazine rings is 1. The minimum Gasteiger partial charge on any atom is -0.468 e. The number of rotatable bonds is 8. The molecule has 0 aromatic carbocycles. The smallest absolute Gasteiger partial charge is 0.191 e. The second kappa shape index (κ2) is 11.3. The van der Waals surface area contributed by atoms with Gasteiger partial charge in [-0.1, -0.05) is 0 Å². The van der Waals surface area contributed by atoms with Gasteiger partial charge in [0, 0.05) is 45.5 Å². The van der Waals surface area contributed by atoms with Crippen LogP contribution in [0, 0.1) is 0 Å². The average Bonchev–Trinajstić information content (AvgIpc) is 3.53. The van der Waals surface area contributed by atoms with Crippen molar-refractivity contribution in [2.75, 3.05) is 64.3 Å². The van der Waals surface area contributed by atoms with Crippen molar-refractivity contribution in [2.24, 2.45) is 4.99 Å². The van der Waals surface area contributed by atoms with E-state index < -0.39 is 0 Å². The SMILES string of the molecule is CCNC(=NCc1ccnc(N2CCN(C)CC2)c1)NCC(c1ccco1)N1CCCC1. The van der Waals surface area contributed by atoms with E-state index in [9.17, 15) is 0 Å². The van der Waals surface area contributed by atoms with Crippen LogP contribution in [0.1, 0.15) is 37.1 Å². The van der Waals surface area contributed by atoms with Crippen molar-refractivity contribution in [3.05, 3.63) is 48.0 Å². The molecule has 0 radical (unpaired) electrons. The molecule has 8 nitrogen and oxygen atoms in total. The normalized spacial score (nSPS) is 19.3. The first-order valence-corrected chi connectivity index (χ1v) is 11.9. The van der Waals surface area contributed by atoms with Gasteiger partial charge < -0.3 is 24.9 Å². The second-order valence-corrected chi connectivity index (χ2v) is 8.66. The topological polar surface area (TPSA) is 72.2 Å². The Labute approximate surface area is 191 Å². The summed E-state index contributed by atoms with van der Waals surface area (Å²) in [5, 5.41) is 6.93. The number of furan rings is 1. The lowest BCUT2D eigenvalue weighted by atomic mass is 10.2. The van der Waals surface area contributed by atoms with Gasteiger partial charge in [-0.05, 0) is 69.7 Å². The van der Waals surface area contributed by atoms with Crippen LogP contribution in [0.15, 0.2) is 46.1 Å². The lowest BCUT2D eigenvalue weighted by molar-refractivity contribution is 0.215. The molecule has 2 saturated heterocycles. The van der Waals surface area contributed by atoms with E-state index >= 15 is 0 Å². The number of anilines is 1. The number of likely N-dealkylation sites (N-methyl/N-ethyl adjacent to an activating group) is 1. The van der Waals surface area contributed by atoms with Crippen molar-refractivity contribution in [1.29, 1.82) is 0 Å². The maximum absolute atomic E-state index is 5.75. The summed E-state index contributed by atoms with van der Waals surface area (Å²) in [6.07, 6.45) is 6.17. The zero-order valence-electron chi connectivity index (χ0n) is 19.5. The van der Waals surface area contributed by atoms with Gasteiger partial charge in [0.2, 0.25) is 0 Å². The molecule has 32 heavy (non-hydrogen) atoms. The molecule has 0 aliphatic carbocycles. The average molecular weight is 440 g/mol. The summed E-state index contributed by atoms with van der Waals surface area (Å²) in [4.78, 5) is 16.7. The summed E-state index contributed by atoms with van der Waals surface area (Å²) < 4.78 is 5.75. The molecule has 2 aromatic rings. The fourth-order valence-corrected chi connectivity index (χ4v) is 4.42. The van der Waals surface area contributed by atoms with Crippen LogP contribution in [0.5, 0.6) is 0 Å². The first kappa shape index (κ1) is 22.6. The largest absolute Gasteiger partial charge is 0.468 e. The van der Waals surface area contributed by atoms with Crippen molar-refractivity contribution in [1.82, 2.24) is 25.4 Å². The predicted molar refractivity (Wildman–Crippen MR) is 129 cm³/mol. The Morgan fingerprint density at radius 1 is 1.12 bits per heavy atom. The van der Waals surface area contributed by atoms with Crippen LogP contribution in [0.4, 0.5) is 5.82 Å². The van der Waals surface area contributed by atoms with Gasteiger partial charge in [-0.2, -0.15) is 0 Å². The number of aliphatic imine (C=N–C) groups is 1. The van der Waals surface area contributed by atoms with E-state index in [1.165, 1.54) is 18.4 Å². The molecule has 2 fully saturated rings. The van der Waals surface area contributed by atoms with E-state index in [1.807, 2.05) is 12.3 Å².